The van der Waals surface area contributed by atoms with E-state index in [-0.39, 0.29) is 17.1 Å². The molecule has 2 fully saturated rings. The molecule has 0 unspecified atom stereocenters. The molecular weight excluding hydrogens is 399 g/mol. The van der Waals surface area contributed by atoms with Crippen LogP contribution in [0.4, 0.5) is 0 Å². The van der Waals surface area contributed by atoms with Crippen molar-refractivity contribution < 1.29 is 17.1 Å². The number of halogens is 1. The zero-order valence-electron chi connectivity index (χ0n) is 10.7. The summed E-state index contributed by atoms with van der Waals surface area (Å²) in [6.45, 7) is 0. The molecule has 1 aromatic carbocycles. The van der Waals surface area contributed by atoms with Crippen LogP contribution in [0.15, 0.2) is 24.3 Å². The monoisotopic (exact) mass is 412 g/mol. The van der Waals surface area contributed by atoms with Gasteiger partial charge in [0.1, 0.15) is 0 Å². The van der Waals surface area contributed by atoms with E-state index in [9.17, 15) is 0 Å². The van der Waals surface area contributed by atoms with Crippen molar-refractivity contribution in [2.75, 3.05) is 0 Å². The van der Waals surface area contributed by atoms with E-state index < -0.39 is 0 Å². The van der Waals surface area contributed by atoms with Crippen molar-refractivity contribution in [3.05, 3.63) is 97.1 Å². The Kier molecular flexibility index (Phi) is 9.68. The summed E-state index contributed by atoms with van der Waals surface area (Å²) in [4.78, 5) is 0. The first-order chi connectivity index (χ1) is 9.34. The van der Waals surface area contributed by atoms with Crippen LogP contribution in [0.5, 0.6) is 0 Å². The fraction of sp³-hybridized carbons (Fsp3) is 0. The molecule has 2 saturated carbocycles. The molecule has 2 aliphatic carbocycles. The summed E-state index contributed by atoms with van der Waals surface area (Å²) in [5.41, 5.74) is 1.06. The summed E-state index contributed by atoms with van der Waals surface area (Å²) >= 11 is 2.29. The van der Waals surface area contributed by atoms with Gasteiger partial charge in [-0.2, -0.15) is 0 Å². The van der Waals surface area contributed by atoms with Crippen molar-refractivity contribution >= 4 is 22.6 Å². The molecule has 0 saturated heterocycles. The number of rotatable bonds is 0. The summed E-state index contributed by atoms with van der Waals surface area (Å²) in [5, 5.41) is 0. The van der Waals surface area contributed by atoms with E-state index in [4.69, 9.17) is 0 Å². The maximum atomic E-state index is 3.12. The van der Waals surface area contributed by atoms with Gasteiger partial charge in [0.25, 0.3) is 0 Å². The van der Waals surface area contributed by atoms with Crippen LogP contribution in [0.25, 0.3) is 0 Å². The summed E-state index contributed by atoms with van der Waals surface area (Å²) < 4.78 is 1.24. The third kappa shape index (κ3) is 7.16. The molecule has 1 aromatic rings. The molecule has 0 amide bonds. The standard InChI is InChI=1S/C13H8I.C5H5.Fe/c14-13-9-7-12(8-10-13)6-5-11-3-1-2-4-11;1-2-4-5-3-1;/h1-4,7-10H;1-5H;/q;;+2. The summed E-state index contributed by atoms with van der Waals surface area (Å²) in [7, 11) is 0. The van der Waals surface area contributed by atoms with Crippen molar-refractivity contribution in [3.63, 3.8) is 0 Å². The van der Waals surface area contributed by atoms with E-state index in [2.05, 4.69) is 46.6 Å². The Morgan fingerprint density at radius 1 is 0.650 bits per heavy atom. The van der Waals surface area contributed by atoms with Crippen LogP contribution in [0, 0.1) is 79.1 Å². The SMILES string of the molecule is Ic1ccc(C#C[C]2[CH][CH][CH][CH]2)cc1.[CH]1[CH][CH][CH][CH]1.[Fe+2]. The molecule has 3 rings (SSSR count). The van der Waals surface area contributed by atoms with Gasteiger partial charge in [-0.1, -0.05) is 11.8 Å². The largest absolute Gasteiger partial charge is 2.00 e. The number of hydrogen-bond acceptors (Lipinski definition) is 0. The quantitative estimate of drug-likeness (QED) is 0.343. The molecule has 0 bridgehead atoms. The van der Waals surface area contributed by atoms with Crippen LogP contribution in [-0.2, 0) is 17.1 Å². The minimum Gasteiger partial charge on any atom is -0.0888 e. The van der Waals surface area contributed by atoms with Crippen molar-refractivity contribution in [3.8, 4) is 11.8 Å². The first-order valence-electron chi connectivity index (χ1n) is 6.00. The second-order valence-corrected chi connectivity index (χ2v) is 5.14. The minimum absolute atomic E-state index is 0. The molecule has 0 N–H and O–H groups in total. The first-order valence-corrected chi connectivity index (χ1v) is 7.08. The van der Waals surface area contributed by atoms with Gasteiger partial charge < -0.3 is 0 Å². The van der Waals surface area contributed by atoms with E-state index in [0.717, 1.165) is 11.5 Å². The third-order valence-corrected chi connectivity index (χ3v) is 3.13. The predicted molar refractivity (Wildman–Crippen MR) is 88.0 cm³/mol. The van der Waals surface area contributed by atoms with Gasteiger partial charge in [-0.25, -0.2) is 0 Å². The van der Waals surface area contributed by atoms with Gasteiger partial charge in [-0.3, -0.25) is 0 Å². The second kappa shape index (κ2) is 10.7. The van der Waals surface area contributed by atoms with E-state index >= 15 is 0 Å². The molecule has 0 nitrogen and oxygen atoms in total. The maximum absolute atomic E-state index is 3.12. The van der Waals surface area contributed by atoms with E-state index in [1.165, 1.54) is 3.57 Å². The second-order valence-electron chi connectivity index (χ2n) is 3.89. The van der Waals surface area contributed by atoms with E-state index in [1.54, 1.807) is 0 Å². The predicted octanol–water partition coefficient (Wildman–Crippen LogP) is 4.07. The molecule has 20 heavy (non-hydrogen) atoms. The van der Waals surface area contributed by atoms with Crippen molar-refractivity contribution in [2.45, 2.75) is 0 Å². The Morgan fingerprint density at radius 2 is 1.15 bits per heavy atom. The topological polar surface area (TPSA) is 0 Å². The van der Waals surface area contributed by atoms with Crippen LogP contribution in [0.3, 0.4) is 0 Å². The Labute approximate surface area is 148 Å². The van der Waals surface area contributed by atoms with Crippen LogP contribution >= 0.6 is 22.6 Å². The summed E-state index contributed by atoms with van der Waals surface area (Å²) in [5.74, 6) is 7.30. The Balaban J connectivity index is 0.000000283. The van der Waals surface area contributed by atoms with Gasteiger partial charge >= 0.3 is 17.1 Å². The van der Waals surface area contributed by atoms with Gasteiger partial charge in [0, 0.05) is 9.13 Å². The first kappa shape index (κ1) is 18.1. The Hall–Kier alpha value is 0.0295. The van der Waals surface area contributed by atoms with Gasteiger partial charge in [0.05, 0.1) is 5.92 Å². The van der Waals surface area contributed by atoms with E-state index in [1.807, 2.05) is 69.9 Å². The van der Waals surface area contributed by atoms with Crippen LogP contribution < -0.4 is 0 Å². The van der Waals surface area contributed by atoms with Gasteiger partial charge in [0.15, 0.2) is 0 Å². The molecular formula is C18H13FeI+2. The van der Waals surface area contributed by atoms with Crippen molar-refractivity contribution in [1.29, 1.82) is 0 Å². The minimum atomic E-state index is 0. The van der Waals surface area contributed by atoms with Crippen LogP contribution in [0.1, 0.15) is 5.56 Å². The Morgan fingerprint density at radius 3 is 1.65 bits per heavy atom. The fourth-order valence-electron chi connectivity index (χ4n) is 1.46. The zero-order chi connectivity index (χ0) is 13.3. The van der Waals surface area contributed by atoms with Gasteiger partial charge in [-0.05, 0) is 105 Å². The molecule has 98 valence electrons. The van der Waals surface area contributed by atoms with Crippen LogP contribution in [0.2, 0.25) is 0 Å². The number of hydrogen-bond donors (Lipinski definition) is 0. The molecule has 0 spiro atoms. The molecule has 0 aliphatic heterocycles. The molecule has 0 atom stereocenters. The molecule has 0 aromatic heterocycles. The van der Waals surface area contributed by atoms with Gasteiger partial charge in [0.2, 0.25) is 0 Å². The molecule has 0 heterocycles. The van der Waals surface area contributed by atoms with Crippen LogP contribution in [-0.4, -0.2) is 0 Å². The average molecular weight is 412 g/mol. The average Bonchev–Trinajstić information content (AvgIpc) is 3.14. The number of benzene rings is 1. The molecule has 2 aliphatic rings. The maximum Gasteiger partial charge on any atom is 2.00 e. The fourth-order valence-corrected chi connectivity index (χ4v) is 1.82. The zero-order valence-corrected chi connectivity index (χ0v) is 14.0. The van der Waals surface area contributed by atoms with Gasteiger partial charge in [-0.15, -0.1) is 0 Å². The Bertz CT molecular complexity index is 409. The molecule has 10 radical (unpaired) electrons. The van der Waals surface area contributed by atoms with Crippen molar-refractivity contribution in [1.82, 2.24) is 0 Å². The third-order valence-electron chi connectivity index (χ3n) is 2.41. The summed E-state index contributed by atoms with van der Waals surface area (Å²) in [6.07, 6.45) is 18.0. The van der Waals surface area contributed by atoms with Crippen molar-refractivity contribution in [2.24, 2.45) is 0 Å². The van der Waals surface area contributed by atoms with E-state index in [0.29, 0.717) is 0 Å². The normalized spacial score (nSPS) is 17.4. The smallest absolute Gasteiger partial charge is 0.0888 e. The summed E-state index contributed by atoms with van der Waals surface area (Å²) in [6, 6.07) is 8.21. The molecule has 2 heteroatoms.